The van der Waals surface area contributed by atoms with Crippen LogP contribution in [0.5, 0.6) is 0 Å². The van der Waals surface area contributed by atoms with E-state index in [0.29, 0.717) is 12.2 Å². The molecule has 0 spiro atoms. The summed E-state index contributed by atoms with van der Waals surface area (Å²) in [6.45, 7) is 8.66. The van der Waals surface area contributed by atoms with E-state index >= 15 is 0 Å². The molecule has 12 heteroatoms. The first-order valence-electron chi connectivity index (χ1n) is 12.0. The predicted molar refractivity (Wildman–Crippen MR) is 141 cm³/mol. The number of nitrogens with one attached hydrogen (secondary N) is 4. The van der Waals surface area contributed by atoms with Gasteiger partial charge in [0.15, 0.2) is 0 Å². The smallest absolute Gasteiger partial charge is 0.329 e. The molecular formula is C24H36N4O6S2. The summed E-state index contributed by atoms with van der Waals surface area (Å²) in [6.07, 6.45) is 4.51. The summed E-state index contributed by atoms with van der Waals surface area (Å²) < 4.78 is 5.65. The lowest BCUT2D eigenvalue weighted by Crippen LogP contribution is -2.57. The molecule has 4 atom stereocenters. The van der Waals surface area contributed by atoms with Gasteiger partial charge in [0, 0.05) is 11.5 Å². The maximum atomic E-state index is 13.2. The van der Waals surface area contributed by atoms with E-state index < -0.39 is 53.8 Å². The third-order valence-corrected chi connectivity index (χ3v) is 8.03. The minimum absolute atomic E-state index is 0.0445. The summed E-state index contributed by atoms with van der Waals surface area (Å²) in [5.74, 6) is -2.54. The van der Waals surface area contributed by atoms with Crippen molar-refractivity contribution in [1.82, 2.24) is 21.3 Å². The van der Waals surface area contributed by atoms with Gasteiger partial charge >= 0.3 is 5.97 Å². The number of hydrogen-bond acceptors (Lipinski definition) is 8. The molecule has 1 fully saturated rings. The molecule has 0 aromatic rings. The zero-order chi connectivity index (χ0) is 26.8. The Balaban J connectivity index is 2.55. The highest BCUT2D eigenvalue weighted by Gasteiger charge is 2.33. The van der Waals surface area contributed by atoms with Crippen LogP contribution < -0.4 is 21.3 Å². The van der Waals surface area contributed by atoms with Crippen molar-refractivity contribution >= 4 is 51.2 Å². The molecule has 4 amide bonds. The number of carbonyl (C=O) groups excluding carboxylic acids is 5. The van der Waals surface area contributed by atoms with Crippen LogP contribution >= 0.6 is 21.6 Å². The average molecular weight is 541 g/mol. The second-order valence-electron chi connectivity index (χ2n) is 9.24. The van der Waals surface area contributed by atoms with Crippen molar-refractivity contribution in [3.8, 4) is 0 Å². The van der Waals surface area contributed by atoms with Crippen molar-refractivity contribution in [1.29, 1.82) is 0 Å². The third kappa shape index (κ3) is 8.88. The number of amides is 4. The minimum atomic E-state index is -1.00. The van der Waals surface area contributed by atoms with Gasteiger partial charge in [-0.1, -0.05) is 61.4 Å². The van der Waals surface area contributed by atoms with Crippen LogP contribution in [0.25, 0.3) is 0 Å². The first kappa shape index (κ1) is 29.8. The Bertz CT molecular complexity index is 905. The van der Waals surface area contributed by atoms with Gasteiger partial charge in [-0.3, -0.25) is 19.2 Å². The van der Waals surface area contributed by atoms with Crippen LogP contribution in [0.3, 0.4) is 0 Å². The minimum Gasteiger partial charge on any atom is -0.456 e. The molecule has 0 radical (unpaired) electrons. The highest BCUT2D eigenvalue weighted by atomic mass is 33.1. The number of ether oxygens (including phenoxy) is 1. The molecule has 2 bridgehead atoms. The van der Waals surface area contributed by atoms with Gasteiger partial charge < -0.3 is 26.0 Å². The summed E-state index contributed by atoms with van der Waals surface area (Å²) in [5.41, 5.74) is -0.0445. The number of esters is 1. The molecule has 2 aliphatic rings. The summed E-state index contributed by atoms with van der Waals surface area (Å²) in [5, 5.41) is 10.7. The Kier molecular flexibility index (Phi) is 11.8. The van der Waals surface area contributed by atoms with Crippen molar-refractivity contribution in [2.45, 2.75) is 71.7 Å². The van der Waals surface area contributed by atoms with Gasteiger partial charge in [-0.25, -0.2) is 4.79 Å². The molecule has 2 heterocycles. The number of rotatable bonds is 2. The largest absolute Gasteiger partial charge is 0.456 e. The van der Waals surface area contributed by atoms with Gasteiger partial charge in [0.2, 0.25) is 17.7 Å². The Morgan fingerprint density at radius 1 is 0.944 bits per heavy atom. The van der Waals surface area contributed by atoms with Crippen molar-refractivity contribution in [3.05, 3.63) is 23.9 Å². The average Bonchev–Trinajstić information content (AvgIpc) is 2.81. The normalized spacial score (nSPS) is 29.6. The van der Waals surface area contributed by atoms with Crippen LogP contribution in [-0.2, 0) is 28.7 Å². The highest BCUT2D eigenvalue weighted by molar-refractivity contribution is 8.76. The van der Waals surface area contributed by atoms with Crippen LogP contribution in [0.2, 0.25) is 0 Å². The topological polar surface area (TPSA) is 143 Å². The number of allylic oxidation sites excluding steroid dienone is 2. The molecule has 200 valence electrons. The number of carbonyl (C=O) groups is 5. The zero-order valence-corrected chi connectivity index (χ0v) is 22.9. The zero-order valence-electron chi connectivity index (χ0n) is 21.3. The molecule has 2 aliphatic heterocycles. The maximum absolute atomic E-state index is 13.2. The Morgan fingerprint density at radius 3 is 2.28 bits per heavy atom. The molecular weight excluding hydrogens is 504 g/mol. The van der Waals surface area contributed by atoms with Gasteiger partial charge in [-0.05, 0) is 31.3 Å². The Hall–Kier alpha value is -2.47. The fraction of sp³-hybridized carbons (Fsp3) is 0.625. The molecule has 2 unspecified atom stereocenters. The Labute approximate surface area is 220 Å². The van der Waals surface area contributed by atoms with Crippen LogP contribution in [0.4, 0.5) is 0 Å². The first-order chi connectivity index (χ1) is 17.0. The summed E-state index contributed by atoms with van der Waals surface area (Å²) >= 11 is 0. The van der Waals surface area contributed by atoms with Gasteiger partial charge in [0.1, 0.15) is 29.9 Å². The fourth-order valence-electron chi connectivity index (χ4n) is 3.50. The van der Waals surface area contributed by atoms with Gasteiger partial charge in [-0.15, -0.1) is 0 Å². The van der Waals surface area contributed by atoms with Gasteiger partial charge in [0.05, 0.1) is 6.42 Å². The molecule has 0 aromatic carbocycles. The van der Waals surface area contributed by atoms with E-state index in [1.165, 1.54) is 27.7 Å². The molecule has 1 saturated heterocycles. The van der Waals surface area contributed by atoms with Crippen LogP contribution in [0.15, 0.2) is 23.9 Å². The SMILES string of the molecule is C/C=C1/NC(=O)C2CSSCC/C=C\[C@H](CC(=O)N[C@H](C(C)C)C(=O)N2)OC(=O)C(C(C)C)NC1=O. The highest BCUT2D eigenvalue weighted by Crippen LogP contribution is 2.24. The van der Waals surface area contributed by atoms with Crippen molar-refractivity contribution < 1.29 is 28.7 Å². The van der Waals surface area contributed by atoms with Crippen molar-refractivity contribution in [2.75, 3.05) is 11.5 Å². The molecule has 0 aromatic heterocycles. The maximum Gasteiger partial charge on any atom is 0.329 e. The van der Waals surface area contributed by atoms with E-state index in [2.05, 4.69) is 21.3 Å². The van der Waals surface area contributed by atoms with E-state index in [0.717, 1.165) is 0 Å². The molecule has 0 saturated carbocycles. The lowest BCUT2D eigenvalue weighted by Gasteiger charge is -2.27. The third-order valence-electron chi connectivity index (χ3n) is 5.59. The van der Waals surface area contributed by atoms with E-state index in [4.69, 9.17) is 4.74 Å². The molecule has 36 heavy (non-hydrogen) atoms. The molecule has 4 N–H and O–H groups in total. The van der Waals surface area contributed by atoms with E-state index in [1.807, 2.05) is 6.08 Å². The van der Waals surface area contributed by atoms with Gasteiger partial charge in [0.25, 0.3) is 5.91 Å². The van der Waals surface area contributed by atoms with Crippen molar-refractivity contribution in [2.24, 2.45) is 11.8 Å². The van der Waals surface area contributed by atoms with Gasteiger partial charge in [-0.2, -0.15) is 0 Å². The fourth-order valence-corrected chi connectivity index (χ4v) is 5.66. The standard InChI is InChI=1S/C24H36N4O6S2/c1-6-16-21(30)28-20(14(4)5)24(33)34-15-9-7-8-10-35-36-12-17(22(31)25-16)26-23(32)19(13(2)3)27-18(29)11-15/h6-7,9,13-15,17,19-20H,8,10-12H2,1-5H3,(H,25,31)(H,26,32)(H,27,29)(H,28,30)/b9-7-,16-6+/t15-,17?,19-,20?/m1/s1. The predicted octanol–water partition coefficient (Wildman–Crippen LogP) is 1.43. The number of fused-ring (bicyclic) bond motifs is 7. The second kappa shape index (κ2) is 14.3. The molecule has 10 nitrogen and oxygen atoms in total. The molecule has 0 aliphatic carbocycles. The van der Waals surface area contributed by atoms with Crippen molar-refractivity contribution in [3.63, 3.8) is 0 Å². The van der Waals surface area contributed by atoms with E-state index in [1.54, 1.807) is 40.7 Å². The monoisotopic (exact) mass is 540 g/mol. The quantitative estimate of drug-likeness (QED) is 0.178. The van der Waals surface area contributed by atoms with E-state index in [-0.39, 0.29) is 29.7 Å². The van der Waals surface area contributed by atoms with Crippen LogP contribution in [0.1, 0.15) is 47.5 Å². The summed E-state index contributed by atoms with van der Waals surface area (Å²) in [4.78, 5) is 65.2. The second-order valence-corrected chi connectivity index (χ2v) is 11.9. The van der Waals surface area contributed by atoms with E-state index in [9.17, 15) is 24.0 Å². The molecule has 2 rings (SSSR count). The first-order valence-corrected chi connectivity index (χ1v) is 14.5. The lowest BCUT2D eigenvalue weighted by molar-refractivity contribution is -0.153. The summed E-state index contributed by atoms with van der Waals surface area (Å²) in [7, 11) is 2.95. The summed E-state index contributed by atoms with van der Waals surface area (Å²) in [6, 6.07) is -2.86. The van der Waals surface area contributed by atoms with Crippen LogP contribution in [-0.4, -0.2) is 65.3 Å². The Morgan fingerprint density at radius 2 is 1.64 bits per heavy atom. The lowest BCUT2D eigenvalue weighted by atomic mass is 10.0. The van der Waals surface area contributed by atoms with Crippen LogP contribution in [0, 0.1) is 11.8 Å². The number of hydrogen-bond donors (Lipinski definition) is 4.